The Morgan fingerprint density at radius 3 is 2.41 bits per heavy atom. The Morgan fingerprint density at radius 2 is 1.72 bits per heavy atom. The van der Waals surface area contributed by atoms with Crippen LogP contribution in [0.5, 0.6) is 0 Å². The number of hydrogen-bond donors (Lipinski definition) is 2. The van der Waals surface area contributed by atoms with Crippen LogP contribution >= 0.6 is 0 Å². The third kappa shape index (κ3) is 1.88. The van der Waals surface area contributed by atoms with Gasteiger partial charge in [-0.15, -0.1) is 0 Å². The summed E-state index contributed by atoms with van der Waals surface area (Å²) in [5, 5.41) is 23.4. The van der Waals surface area contributed by atoms with Gasteiger partial charge in [-0.05, 0) is 59.3 Å². The van der Waals surface area contributed by atoms with E-state index in [0.29, 0.717) is 12.8 Å². The van der Waals surface area contributed by atoms with E-state index in [0.717, 1.165) is 12.8 Å². The van der Waals surface area contributed by atoms with E-state index in [2.05, 4.69) is 13.8 Å². The van der Waals surface area contributed by atoms with Gasteiger partial charge >= 0.3 is 0 Å². The molecular weight excluding hydrogens is 372 g/mol. The van der Waals surface area contributed by atoms with Crippen LogP contribution < -0.4 is 0 Å². The van der Waals surface area contributed by atoms with Crippen molar-refractivity contribution in [2.24, 2.45) is 28.6 Å². The van der Waals surface area contributed by atoms with Crippen molar-refractivity contribution in [1.29, 1.82) is 0 Å². The minimum Gasteiger partial charge on any atom is -0.390 e. The molecule has 4 aliphatic carbocycles. The average molecular weight is 407 g/mol. The number of rotatable bonds is 0. The smallest absolute Gasteiger partial charge is 0.171 e. The Kier molecular flexibility index (Phi) is 3.16. The van der Waals surface area contributed by atoms with Gasteiger partial charge in [0.2, 0.25) is 0 Å². The summed E-state index contributed by atoms with van der Waals surface area (Å²) >= 11 is 0. The van der Waals surface area contributed by atoms with Crippen LogP contribution in [0.1, 0.15) is 67.2 Å². The van der Waals surface area contributed by atoms with Crippen LogP contribution in [-0.4, -0.2) is 56.9 Å². The third-order valence-electron chi connectivity index (χ3n) is 9.94. The summed E-state index contributed by atoms with van der Waals surface area (Å²) < 4.78 is 19.1. The Balaban J connectivity index is 1.61. The number of ketones is 1. The lowest BCUT2D eigenvalue weighted by molar-refractivity contribution is -0.238. The number of Topliss-reactive ketones (excluding diaryl/α,β-unsaturated/α-hetero) is 1. The number of fused-ring (bicyclic) bond motifs is 3. The molecule has 10 unspecified atom stereocenters. The molecule has 6 heteroatoms. The van der Waals surface area contributed by atoms with Gasteiger partial charge in [-0.1, -0.05) is 13.8 Å². The van der Waals surface area contributed by atoms with E-state index in [1.165, 1.54) is 0 Å². The average Bonchev–Trinajstić information content (AvgIpc) is 3.22. The van der Waals surface area contributed by atoms with Gasteiger partial charge in [-0.3, -0.25) is 4.79 Å². The quantitative estimate of drug-likeness (QED) is 0.600. The maximum Gasteiger partial charge on any atom is 0.171 e. The number of epoxide rings is 1. The lowest BCUT2D eigenvalue weighted by Crippen LogP contribution is -2.63. The van der Waals surface area contributed by atoms with Crippen molar-refractivity contribution in [1.82, 2.24) is 0 Å². The Morgan fingerprint density at radius 1 is 1.03 bits per heavy atom. The van der Waals surface area contributed by atoms with Gasteiger partial charge in [0.15, 0.2) is 11.6 Å². The monoisotopic (exact) mass is 406 g/mol. The molecule has 6 nitrogen and oxygen atoms in total. The van der Waals surface area contributed by atoms with Crippen molar-refractivity contribution >= 4 is 5.78 Å². The highest BCUT2D eigenvalue weighted by Gasteiger charge is 2.87. The zero-order valence-electron chi connectivity index (χ0n) is 18.3. The Hall–Kier alpha value is -0.530. The first kappa shape index (κ1) is 19.2. The molecule has 162 valence electrons. The van der Waals surface area contributed by atoms with Gasteiger partial charge < -0.3 is 24.4 Å². The summed E-state index contributed by atoms with van der Waals surface area (Å²) in [7, 11) is 0. The zero-order valence-corrected chi connectivity index (χ0v) is 18.3. The molecule has 6 fully saturated rings. The molecule has 29 heavy (non-hydrogen) atoms. The number of aliphatic hydroxyl groups is 2. The molecule has 2 N–H and O–H groups in total. The SMILES string of the molecule is CC1(C)OC2C(=O)C34CC(CCC3C(C)(O)C3C5OC5C(C)(C)C23O1)C(C)(O)C4. The van der Waals surface area contributed by atoms with Crippen molar-refractivity contribution in [2.45, 2.75) is 108 Å². The molecule has 6 aliphatic rings. The fraction of sp³-hybridized carbons (Fsp3) is 0.957. The van der Waals surface area contributed by atoms with Gasteiger partial charge in [-0.2, -0.15) is 0 Å². The van der Waals surface area contributed by atoms with Gasteiger partial charge in [0, 0.05) is 22.7 Å². The molecule has 0 aromatic heterocycles. The van der Waals surface area contributed by atoms with E-state index in [9.17, 15) is 15.0 Å². The molecule has 2 spiro atoms. The number of hydrogen-bond acceptors (Lipinski definition) is 6. The van der Waals surface area contributed by atoms with Gasteiger partial charge in [0.05, 0.1) is 23.4 Å². The second-order valence-electron chi connectivity index (χ2n) is 12.3. The van der Waals surface area contributed by atoms with E-state index in [4.69, 9.17) is 14.2 Å². The van der Waals surface area contributed by atoms with Crippen LogP contribution in [0.2, 0.25) is 0 Å². The lowest BCUT2D eigenvalue weighted by Gasteiger charge is -2.51. The molecule has 0 amide bonds. The van der Waals surface area contributed by atoms with Crippen molar-refractivity contribution in [3.8, 4) is 0 Å². The second kappa shape index (κ2) is 4.78. The highest BCUT2D eigenvalue weighted by Crippen LogP contribution is 2.75. The minimum absolute atomic E-state index is 0.0349. The van der Waals surface area contributed by atoms with Crippen LogP contribution in [0.15, 0.2) is 0 Å². The fourth-order valence-electron chi connectivity index (χ4n) is 8.92. The van der Waals surface area contributed by atoms with E-state index in [-0.39, 0.29) is 35.7 Å². The molecule has 0 aromatic carbocycles. The Bertz CT molecular complexity index is 814. The van der Waals surface area contributed by atoms with Gasteiger partial charge in [0.25, 0.3) is 0 Å². The largest absolute Gasteiger partial charge is 0.390 e. The first-order chi connectivity index (χ1) is 13.2. The van der Waals surface area contributed by atoms with E-state index < -0.39 is 39.5 Å². The minimum atomic E-state index is -1.15. The van der Waals surface area contributed by atoms with Crippen LogP contribution in [0.25, 0.3) is 0 Å². The topological polar surface area (TPSA) is 88.5 Å². The molecule has 10 atom stereocenters. The summed E-state index contributed by atoms with van der Waals surface area (Å²) in [5.41, 5.74) is -4.21. The maximum absolute atomic E-state index is 14.4. The van der Waals surface area contributed by atoms with Gasteiger partial charge in [0.1, 0.15) is 11.7 Å². The third-order valence-corrected chi connectivity index (χ3v) is 9.94. The summed E-state index contributed by atoms with van der Waals surface area (Å²) in [6, 6.07) is 0. The molecule has 2 saturated heterocycles. The molecule has 6 rings (SSSR count). The predicted octanol–water partition coefficient (Wildman–Crippen LogP) is 2.19. The fourth-order valence-corrected chi connectivity index (χ4v) is 8.92. The number of carbonyl (C=O) groups is 1. The second-order valence-corrected chi connectivity index (χ2v) is 12.3. The standard InChI is InChI=1S/C23H34O6/c1-18(2)16-13(27-16)14-21(6,26)12-8-7-11-9-22(12,10-20(11,5)25)15(24)17-23(14,18)29-19(3,4)28-17/h11-14,16-17,25-26H,7-10H2,1-6H3. The molecule has 4 saturated carbocycles. The first-order valence-corrected chi connectivity index (χ1v) is 11.2. The molecule has 0 aromatic rings. The normalized spacial score (nSPS) is 63.4. The molecule has 2 aliphatic heterocycles. The Labute approximate surface area is 172 Å². The first-order valence-electron chi connectivity index (χ1n) is 11.2. The van der Waals surface area contributed by atoms with E-state index in [1.54, 1.807) is 0 Å². The zero-order chi connectivity index (χ0) is 21.0. The van der Waals surface area contributed by atoms with Crippen LogP contribution in [0.3, 0.4) is 0 Å². The van der Waals surface area contributed by atoms with Crippen LogP contribution in [0, 0.1) is 28.6 Å². The summed E-state index contributed by atoms with van der Waals surface area (Å²) in [5.74, 6) is -1.36. The molecule has 2 heterocycles. The molecular formula is C23H34O6. The lowest BCUT2D eigenvalue weighted by atomic mass is 9.58. The van der Waals surface area contributed by atoms with Crippen molar-refractivity contribution in [3.63, 3.8) is 0 Å². The number of ether oxygens (including phenoxy) is 3. The van der Waals surface area contributed by atoms with Crippen LogP contribution in [-0.2, 0) is 19.0 Å². The van der Waals surface area contributed by atoms with Crippen molar-refractivity contribution in [3.05, 3.63) is 0 Å². The van der Waals surface area contributed by atoms with E-state index >= 15 is 0 Å². The number of carbonyl (C=O) groups excluding carboxylic acids is 1. The maximum atomic E-state index is 14.4. The highest BCUT2D eigenvalue weighted by molar-refractivity contribution is 5.92. The molecule has 0 radical (unpaired) electrons. The van der Waals surface area contributed by atoms with Crippen molar-refractivity contribution < 1.29 is 29.2 Å². The van der Waals surface area contributed by atoms with Crippen LogP contribution in [0.4, 0.5) is 0 Å². The van der Waals surface area contributed by atoms with Crippen molar-refractivity contribution in [2.75, 3.05) is 0 Å². The predicted molar refractivity (Wildman–Crippen MR) is 103 cm³/mol. The summed E-state index contributed by atoms with van der Waals surface area (Å²) in [4.78, 5) is 14.4. The van der Waals surface area contributed by atoms with Gasteiger partial charge in [-0.25, -0.2) is 0 Å². The summed E-state index contributed by atoms with van der Waals surface area (Å²) in [6.45, 7) is 11.7. The molecule has 2 bridgehead atoms. The highest BCUT2D eigenvalue weighted by atomic mass is 16.8. The summed E-state index contributed by atoms with van der Waals surface area (Å²) in [6.07, 6.45) is 1.67. The van der Waals surface area contributed by atoms with E-state index in [1.807, 2.05) is 27.7 Å².